The minimum Gasteiger partial charge on any atom is -0.393 e. The van der Waals surface area contributed by atoms with Crippen LogP contribution in [0.1, 0.15) is 41.0 Å². The van der Waals surface area contributed by atoms with E-state index in [-0.39, 0.29) is 0 Å². The Labute approximate surface area is 95.7 Å². The molecule has 0 N–H and O–H groups in total. The molecule has 1 unspecified atom stereocenters. The average molecular weight is 230 g/mol. The number of rotatable bonds is 8. The molecule has 0 heterocycles. The molecular formula is C11H24NO2Si. The highest BCUT2D eigenvalue weighted by molar-refractivity contribution is 6.46. The molecule has 1 radical (unpaired) electrons. The van der Waals surface area contributed by atoms with Crippen molar-refractivity contribution >= 4 is 15.0 Å². The number of aliphatic imine (C=N–C) groups is 1. The third-order valence-corrected chi connectivity index (χ3v) is 4.21. The number of nitrogens with zero attached hydrogens (tertiary/aromatic N) is 1. The van der Waals surface area contributed by atoms with Gasteiger partial charge in [0.15, 0.2) is 0 Å². The van der Waals surface area contributed by atoms with E-state index in [4.69, 9.17) is 8.85 Å². The van der Waals surface area contributed by atoms with E-state index in [1.165, 1.54) is 0 Å². The van der Waals surface area contributed by atoms with Gasteiger partial charge < -0.3 is 8.85 Å². The van der Waals surface area contributed by atoms with Crippen molar-refractivity contribution in [3.8, 4) is 0 Å². The van der Waals surface area contributed by atoms with Crippen LogP contribution in [0.3, 0.4) is 0 Å². The van der Waals surface area contributed by atoms with Crippen molar-refractivity contribution in [3.63, 3.8) is 0 Å². The van der Waals surface area contributed by atoms with E-state index in [0.717, 1.165) is 31.9 Å². The van der Waals surface area contributed by atoms with Crippen LogP contribution in [-0.4, -0.2) is 34.8 Å². The van der Waals surface area contributed by atoms with E-state index in [1.807, 2.05) is 27.7 Å². The predicted octanol–water partition coefficient (Wildman–Crippen LogP) is 2.81. The van der Waals surface area contributed by atoms with Crippen molar-refractivity contribution < 1.29 is 8.85 Å². The molecule has 0 aliphatic heterocycles. The van der Waals surface area contributed by atoms with E-state index in [9.17, 15) is 0 Å². The first-order chi connectivity index (χ1) is 7.11. The predicted molar refractivity (Wildman–Crippen MR) is 66.7 cm³/mol. The monoisotopic (exact) mass is 230 g/mol. The Bertz CT molecular complexity index is 175. The van der Waals surface area contributed by atoms with Gasteiger partial charge in [0.05, 0.1) is 0 Å². The summed E-state index contributed by atoms with van der Waals surface area (Å²) in [5.74, 6) is 0. The molecule has 1 atom stereocenters. The molecule has 89 valence electrons. The summed E-state index contributed by atoms with van der Waals surface area (Å²) in [6.45, 7) is 12.7. The molecule has 3 nitrogen and oxygen atoms in total. The number of hydrogen-bond donors (Lipinski definition) is 0. The van der Waals surface area contributed by atoms with Crippen LogP contribution in [0.5, 0.6) is 0 Å². The second-order valence-corrected chi connectivity index (χ2v) is 5.90. The lowest BCUT2D eigenvalue weighted by Crippen LogP contribution is -2.28. The molecule has 0 aromatic heterocycles. The number of hydrogen-bond acceptors (Lipinski definition) is 3. The fourth-order valence-electron chi connectivity index (χ4n) is 1.21. The summed E-state index contributed by atoms with van der Waals surface area (Å²) in [6, 6.07) is 0. The molecule has 0 aromatic rings. The van der Waals surface area contributed by atoms with Crippen molar-refractivity contribution in [2.75, 3.05) is 19.8 Å². The highest BCUT2D eigenvalue weighted by atomic mass is 28.3. The van der Waals surface area contributed by atoms with Crippen LogP contribution in [0, 0.1) is 0 Å². The van der Waals surface area contributed by atoms with Crippen LogP contribution in [-0.2, 0) is 8.85 Å². The molecule has 0 aromatic carbocycles. The Balaban J connectivity index is 3.90. The van der Waals surface area contributed by atoms with Crippen molar-refractivity contribution in [3.05, 3.63) is 0 Å². The molecule has 0 saturated carbocycles. The van der Waals surface area contributed by atoms with Gasteiger partial charge in [-0.3, -0.25) is 4.99 Å². The average Bonchev–Trinajstić information content (AvgIpc) is 2.16. The van der Waals surface area contributed by atoms with Gasteiger partial charge in [-0.25, -0.2) is 0 Å². The van der Waals surface area contributed by atoms with Gasteiger partial charge in [-0.1, -0.05) is 6.92 Å². The summed E-state index contributed by atoms with van der Waals surface area (Å²) in [7, 11) is -1.09. The fraction of sp³-hybridized carbons (Fsp3) is 0.909. The Morgan fingerprint density at radius 3 is 2.13 bits per heavy atom. The first-order valence-corrected chi connectivity index (χ1v) is 7.11. The standard InChI is InChI=1S/C11H24NO2Si/c1-6-13-15(14-7-2)11(5)8-9-12-10(3)4/h11H,6-9H2,1-5H3. The quantitative estimate of drug-likeness (QED) is 0.474. The molecule has 0 rings (SSSR count). The zero-order valence-electron chi connectivity index (χ0n) is 10.7. The van der Waals surface area contributed by atoms with Crippen LogP contribution in [0.2, 0.25) is 5.54 Å². The van der Waals surface area contributed by atoms with Crippen LogP contribution < -0.4 is 0 Å². The molecule has 15 heavy (non-hydrogen) atoms. The Morgan fingerprint density at radius 2 is 1.73 bits per heavy atom. The minimum absolute atomic E-state index is 0.498. The van der Waals surface area contributed by atoms with Gasteiger partial charge in [-0.05, 0) is 34.1 Å². The summed E-state index contributed by atoms with van der Waals surface area (Å²) in [6.07, 6.45) is 1.06. The van der Waals surface area contributed by atoms with Gasteiger partial charge >= 0.3 is 9.28 Å². The van der Waals surface area contributed by atoms with Crippen molar-refractivity contribution in [2.45, 2.75) is 46.6 Å². The Kier molecular flexibility index (Phi) is 8.95. The Morgan fingerprint density at radius 1 is 1.20 bits per heavy atom. The lowest BCUT2D eigenvalue weighted by Gasteiger charge is -2.19. The van der Waals surface area contributed by atoms with Crippen LogP contribution in [0.25, 0.3) is 0 Å². The molecule has 0 aliphatic rings. The maximum absolute atomic E-state index is 5.63. The molecule has 0 saturated heterocycles. The zero-order chi connectivity index (χ0) is 11.7. The van der Waals surface area contributed by atoms with Gasteiger partial charge in [0.25, 0.3) is 0 Å². The van der Waals surface area contributed by atoms with Gasteiger partial charge in [0.2, 0.25) is 0 Å². The molecule has 0 amide bonds. The second kappa shape index (κ2) is 9.06. The van der Waals surface area contributed by atoms with Crippen LogP contribution in [0.4, 0.5) is 0 Å². The van der Waals surface area contributed by atoms with Crippen molar-refractivity contribution in [2.24, 2.45) is 4.99 Å². The third kappa shape index (κ3) is 7.70. The largest absolute Gasteiger partial charge is 0.393 e. The minimum atomic E-state index is -1.09. The van der Waals surface area contributed by atoms with Gasteiger partial charge in [-0.15, -0.1) is 0 Å². The van der Waals surface area contributed by atoms with Crippen LogP contribution in [0.15, 0.2) is 4.99 Å². The summed E-state index contributed by atoms with van der Waals surface area (Å²) in [5, 5.41) is 0. The molecular weight excluding hydrogens is 206 g/mol. The SMILES string of the molecule is CCO[Si](OCC)C(C)CCN=C(C)C. The van der Waals surface area contributed by atoms with E-state index in [0.29, 0.717) is 5.54 Å². The molecule has 4 heteroatoms. The van der Waals surface area contributed by atoms with Crippen molar-refractivity contribution in [1.29, 1.82) is 0 Å². The van der Waals surface area contributed by atoms with E-state index < -0.39 is 9.28 Å². The topological polar surface area (TPSA) is 30.8 Å². The highest BCUT2D eigenvalue weighted by Gasteiger charge is 2.22. The third-order valence-electron chi connectivity index (χ3n) is 1.97. The summed E-state index contributed by atoms with van der Waals surface area (Å²) in [5.41, 5.74) is 1.64. The van der Waals surface area contributed by atoms with Crippen molar-refractivity contribution in [1.82, 2.24) is 0 Å². The summed E-state index contributed by atoms with van der Waals surface area (Å²) in [4.78, 5) is 4.39. The molecule has 0 spiro atoms. The zero-order valence-corrected chi connectivity index (χ0v) is 11.7. The maximum atomic E-state index is 5.63. The second-order valence-electron chi connectivity index (χ2n) is 3.70. The van der Waals surface area contributed by atoms with Crippen LogP contribution >= 0.6 is 0 Å². The maximum Gasteiger partial charge on any atom is 0.387 e. The van der Waals surface area contributed by atoms with E-state index >= 15 is 0 Å². The first kappa shape index (κ1) is 14.8. The lowest BCUT2D eigenvalue weighted by atomic mass is 10.3. The molecule has 0 aliphatic carbocycles. The fourth-order valence-corrected chi connectivity index (χ4v) is 2.80. The van der Waals surface area contributed by atoms with E-state index in [1.54, 1.807) is 0 Å². The Hall–Kier alpha value is -0.193. The normalized spacial score (nSPS) is 12.9. The lowest BCUT2D eigenvalue weighted by molar-refractivity contribution is 0.204. The van der Waals surface area contributed by atoms with Gasteiger partial charge in [0.1, 0.15) is 0 Å². The smallest absolute Gasteiger partial charge is 0.387 e. The highest BCUT2D eigenvalue weighted by Crippen LogP contribution is 2.16. The first-order valence-electron chi connectivity index (χ1n) is 5.71. The summed E-state index contributed by atoms with van der Waals surface area (Å²) >= 11 is 0. The van der Waals surface area contributed by atoms with Gasteiger partial charge in [0, 0.05) is 31.0 Å². The summed E-state index contributed by atoms with van der Waals surface area (Å²) < 4.78 is 11.3. The molecule has 0 fully saturated rings. The molecule has 0 bridgehead atoms. The van der Waals surface area contributed by atoms with E-state index in [2.05, 4.69) is 11.9 Å². The van der Waals surface area contributed by atoms with Gasteiger partial charge in [-0.2, -0.15) is 0 Å².